The first-order valence-corrected chi connectivity index (χ1v) is 6.63. The summed E-state index contributed by atoms with van der Waals surface area (Å²) in [6.07, 6.45) is 1.63. The van der Waals surface area contributed by atoms with Crippen LogP contribution in [0.15, 0.2) is 0 Å². The van der Waals surface area contributed by atoms with Gasteiger partial charge in [0.2, 0.25) is 0 Å². The van der Waals surface area contributed by atoms with Gasteiger partial charge in [-0.2, -0.15) is 0 Å². The first-order valence-electron chi connectivity index (χ1n) is 6.63. The highest BCUT2D eigenvalue weighted by Gasteiger charge is 2.36. The molecule has 1 fully saturated rings. The second-order valence-electron chi connectivity index (χ2n) is 5.47. The normalized spacial score (nSPS) is 21.6. The van der Waals surface area contributed by atoms with Gasteiger partial charge in [-0.3, -0.25) is 19.2 Å². The van der Waals surface area contributed by atoms with Crippen LogP contribution in [0.4, 0.5) is 0 Å². The summed E-state index contributed by atoms with van der Waals surface area (Å²) >= 11 is 0. The monoisotopic (exact) mass is 302 g/mol. The highest BCUT2D eigenvalue weighted by atomic mass is 16.4. The molecule has 2 unspecified atom stereocenters. The van der Waals surface area contributed by atoms with Crippen molar-refractivity contribution in [1.29, 1.82) is 0 Å². The zero-order valence-corrected chi connectivity index (χ0v) is 11.3. The Kier molecular flexibility index (Phi) is 5.69. The number of carboxylic acid groups (broad SMARTS) is 4. The van der Waals surface area contributed by atoms with Gasteiger partial charge in [-0.05, 0) is 31.1 Å². The van der Waals surface area contributed by atoms with E-state index in [1.54, 1.807) is 0 Å². The molecular weight excluding hydrogens is 284 g/mol. The second kappa shape index (κ2) is 7.05. The Labute approximate surface area is 120 Å². The van der Waals surface area contributed by atoms with Crippen LogP contribution >= 0.6 is 0 Å². The summed E-state index contributed by atoms with van der Waals surface area (Å²) in [5.74, 6) is -8.75. The molecule has 0 aromatic rings. The maximum absolute atomic E-state index is 10.8. The van der Waals surface area contributed by atoms with E-state index in [1.807, 2.05) is 0 Å². The third-order valence-corrected chi connectivity index (χ3v) is 3.98. The van der Waals surface area contributed by atoms with Gasteiger partial charge in [0.05, 0.1) is 0 Å². The lowest BCUT2D eigenvalue weighted by Crippen LogP contribution is -2.26. The summed E-state index contributed by atoms with van der Waals surface area (Å²) in [5, 5.41) is 35.3. The van der Waals surface area contributed by atoms with Gasteiger partial charge in [-0.1, -0.05) is 12.8 Å². The molecule has 8 nitrogen and oxygen atoms in total. The van der Waals surface area contributed by atoms with E-state index in [0.29, 0.717) is 19.3 Å². The second-order valence-corrected chi connectivity index (χ2v) is 5.47. The highest BCUT2D eigenvalue weighted by Crippen LogP contribution is 2.38. The van der Waals surface area contributed by atoms with Gasteiger partial charge in [0.1, 0.15) is 0 Å². The van der Waals surface area contributed by atoms with E-state index in [0.717, 1.165) is 0 Å². The Morgan fingerprint density at radius 3 is 1.24 bits per heavy atom. The molecule has 0 heterocycles. The zero-order chi connectivity index (χ0) is 16.2. The van der Waals surface area contributed by atoms with Crippen LogP contribution in [0.3, 0.4) is 0 Å². The Morgan fingerprint density at radius 1 is 0.714 bits per heavy atom. The molecule has 21 heavy (non-hydrogen) atoms. The number of carbonyl (C=O) groups is 4. The quantitative estimate of drug-likeness (QED) is 0.480. The smallest absolute Gasteiger partial charge is 0.317 e. The van der Waals surface area contributed by atoms with Crippen LogP contribution in [0.2, 0.25) is 0 Å². The highest BCUT2D eigenvalue weighted by molar-refractivity contribution is 5.93. The van der Waals surface area contributed by atoms with Crippen LogP contribution in [0, 0.1) is 23.7 Å². The first kappa shape index (κ1) is 16.9. The molecule has 1 rings (SSSR count). The van der Waals surface area contributed by atoms with Crippen molar-refractivity contribution >= 4 is 23.9 Å². The standard InChI is InChI=1S/C13H18O8/c14-10(15)8(11(16)17)4-6-1-2-7(3-6)5-9(12(18)19)13(20)21/h6-9H,1-5H2,(H,14,15)(H,16,17)(H,18,19)(H,20,21). The Balaban J connectivity index is 2.56. The maximum Gasteiger partial charge on any atom is 0.317 e. The summed E-state index contributed by atoms with van der Waals surface area (Å²) < 4.78 is 0. The molecule has 0 radical (unpaired) electrons. The van der Waals surface area contributed by atoms with Crippen molar-refractivity contribution in [1.82, 2.24) is 0 Å². The number of hydrogen-bond donors (Lipinski definition) is 4. The fourth-order valence-electron chi connectivity index (χ4n) is 2.89. The minimum Gasteiger partial charge on any atom is -0.481 e. The van der Waals surface area contributed by atoms with Gasteiger partial charge in [0.15, 0.2) is 11.8 Å². The number of hydrogen-bond acceptors (Lipinski definition) is 4. The molecule has 2 atom stereocenters. The summed E-state index contributed by atoms with van der Waals surface area (Å²) in [6, 6.07) is 0. The van der Waals surface area contributed by atoms with Crippen LogP contribution in [0.5, 0.6) is 0 Å². The third kappa shape index (κ3) is 4.73. The Morgan fingerprint density at radius 2 is 1.00 bits per heavy atom. The average Bonchev–Trinajstić information content (AvgIpc) is 2.79. The zero-order valence-electron chi connectivity index (χ0n) is 11.3. The van der Waals surface area contributed by atoms with E-state index in [9.17, 15) is 19.2 Å². The molecular formula is C13H18O8. The van der Waals surface area contributed by atoms with Crippen LogP contribution < -0.4 is 0 Å². The van der Waals surface area contributed by atoms with E-state index >= 15 is 0 Å². The van der Waals surface area contributed by atoms with Gasteiger partial charge >= 0.3 is 23.9 Å². The van der Waals surface area contributed by atoms with Crippen molar-refractivity contribution in [2.45, 2.75) is 32.1 Å². The molecule has 1 aliphatic rings. The number of carboxylic acids is 4. The first-order chi connectivity index (χ1) is 9.72. The summed E-state index contributed by atoms with van der Waals surface area (Å²) in [4.78, 5) is 43.3. The van der Waals surface area contributed by atoms with Crippen molar-refractivity contribution in [3.63, 3.8) is 0 Å². The van der Waals surface area contributed by atoms with Crippen LogP contribution in [0.25, 0.3) is 0 Å². The van der Waals surface area contributed by atoms with E-state index in [-0.39, 0.29) is 24.7 Å². The Bertz CT molecular complexity index is 375. The molecule has 0 amide bonds. The molecule has 1 saturated carbocycles. The average molecular weight is 302 g/mol. The van der Waals surface area contributed by atoms with Crippen LogP contribution in [-0.2, 0) is 19.2 Å². The SMILES string of the molecule is O=C(O)C(CC1CCC(CC(C(=O)O)C(=O)O)C1)C(=O)O. The summed E-state index contributed by atoms with van der Waals surface area (Å²) in [7, 11) is 0. The van der Waals surface area contributed by atoms with Gasteiger partial charge in [0.25, 0.3) is 0 Å². The number of aliphatic carboxylic acids is 4. The lowest BCUT2D eigenvalue weighted by molar-refractivity contribution is -0.157. The molecule has 0 aromatic heterocycles. The molecule has 8 heteroatoms. The predicted octanol–water partition coefficient (Wildman–Crippen LogP) is 0.754. The molecule has 118 valence electrons. The van der Waals surface area contributed by atoms with E-state index < -0.39 is 35.7 Å². The van der Waals surface area contributed by atoms with Crippen molar-refractivity contribution < 1.29 is 39.6 Å². The van der Waals surface area contributed by atoms with E-state index in [2.05, 4.69) is 0 Å². The summed E-state index contributed by atoms with van der Waals surface area (Å²) in [6.45, 7) is 0. The van der Waals surface area contributed by atoms with Crippen LogP contribution in [-0.4, -0.2) is 44.3 Å². The molecule has 0 spiro atoms. The maximum atomic E-state index is 10.8. The van der Waals surface area contributed by atoms with Crippen molar-refractivity contribution in [3.05, 3.63) is 0 Å². The van der Waals surface area contributed by atoms with Crippen molar-refractivity contribution in [3.8, 4) is 0 Å². The molecule has 0 saturated heterocycles. The summed E-state index contributed by atoms with van der Waals surface area (Å²) in [5.41, 5.74) is 0. The van der Waals surface area contributed by atoms with E-state index in [4.69, 9.17) is 20.4 Å². The minimum absolute atomic E-state index is 0.00796. The largest absolute Gasteiger partial charge is 0.481 e. The lowest BCUT2D eigenvalue weighted by Gasteiger charge is -2.15. The van der Waals surface area contributed by atoms with Gasteiger partial charge < -0.3 is 20.4 Å². The topological polar surface area (TPSA) is 149 Å². The lowest BCUT2D eigenvalue weighted by atomic mass is 9.89. The fraction of sp³-hybridized carbons (Fsp3) is 0.692. The van der Waals surface area contributed by atoms with Gasteiger partial charge in [0, 0.05) is 0 Å². The molecule has 1 aliphatic carbocycles. The van der Waals surface area contributed by atoms with Crippen molar-refractivity contribution in [2.75, 3.05) is 0 Å². The minimum atomic E-state index is -1.47. The number of rotatable bonds is 8. The van der Waals surface area contributed by atoms with E-state index in [1.165, 1.54) is 0 Å². The van der Waals surface area contributed by atoms with Gasteiger partial charge in [-0.25, -0.2) is 0 Å². The van der Waals surface area contributed by atoms with Crippen LogP contribution in [0.1, 0.15) is 32.1 Å². The Hall–Kier alpha value is -2.12. The van der Waals surface area contributed by atoms with Crippen molar-refractivity contribution in [2.24, 2.45) is 23.7 Å². The fourth-order valence-corrected chi connectivity index (χ4v) is 2.89. The van der Waals surface area contributed by atoms with Gasteiger partial charge in [-0.15, -0.1) is 0 Å². The predicted molar refractivity (Wildman–Crippen MR) is 67.6 cm³/mol. The third-order valence-electron chi connectivity index (χ3n) is 3.98. The molecule has 4 N–H and O–H groups in total. The molecule has 0 bridgehead atoms. The molecule has 0 aliphatic heterocycles. The molecule has 0 aromatic carbocycles.